The number of hydrogen-bond acceptors (Lipinski definition) is 6. The molecule has 0 amide bonds. The summed E-state index contributed by atoms with van der Waals surface area (Å²) in [4.78, 5) is 25.6. The number of phenolic OH excluding ortho intramolecular Hbond substituents is 3. The third-order valence-corrected chi connectivity index (χ3v) is 4.52. The fraction of sp³-hybridized carbons (Fsp3) is 0. The summed E-state index contributed by atoms with van der Waals surface area (Å²) in [6.07, 6.45) is 0. The summed E-state index contributed by atoms with van der Waals surface area (Å²) < 4.78 is 5.61. The fourth-order valence-corrected chi connectivity index (χ4v) is 3.19. The number of carbonyl (C=O) groups excluding carboxylic acids is 2. The third-order valence-electron chi connectivity index (χ3n) is 4.22. The van der Waals surface area contributed by atoms with Crippen molar-refractivity contribution in [2.45, 2.75) is 0 Å². The van der Waals surface area contributed by atoms with E-state index in [1.165, 1.54) is 24.3 Å². The quantitative estimate of drug-likeness (QED) is 0.452. The maximum atomic E-state index is 12.8. The van der Waals surface area contributed by atoms with Crippen LogP contribution in [-0.4, -0.2) is 26.9 Å². The first-order valence-electron chi connectivity index (χ1n) is 7.81. The van der Waals surface area contributed by atoms with Gasteiger partial charge >= 0.3 is 0 Å². The van der Waals surface area contributed by atoms with Gasteiger partial charge in [-0.2, -0.15) is 0 Å². The zero-order chi connectivity index (χ0) is 19.3. The zero-order valence-electron chi connectivity index (χ0n) is 13.6. The van der Waals surface area contributed by atoms with Crippen LogP contribution in [0.2, 0.25) is 5.02 Å². The summed E-state index contributed by atoms with van der Waals surface area (Å²) in [5.74, 6) is -1.69. The molecule has 0 atom stereocenters. The molecule has 1 aliphatic rings. The van der Waals surface area contributed by atoms with Gasteiger partial charge in [0.15, 0.2) is 11.6 Å². The molecule has 0 fully saturated rings. The second-order valence-electron chi connectivity index (χ2n) is 5.94. The molecule has 0 heterocycles. The van der Waals surface area contributed by atoms with E-state index >= 15 is 0 Å². The second-order valence-corrected chi connectivity index (χ2v) is 6.35. The lowest BCUT2D eigenvalue weighted by molar-refractivity contribution is 0.0974. The number of fused-ring (bicyclic) bond motifs is 2. The number of ketones is 2. The number of aromatic hydroxyl groups is 3. The molecule has 0 aromatic heterocycles. The van der Waals surface area contributed by atoms with Crippen LogP contribution in [0.3, 0.4) is 0 Å². The minimum atomic E-state index is -0.634. The van der Waals surface area contributed by atoms with Crippen LogP contribution in [0.4, 0.5) is 0 Å². The molecule has 7 heteroatoms. The number of halogens is 1. The lowest BCUT2D eigenvalue weighted by Crippen LogP contribution is -2.21. The van der Waals surface area contributed by atoms with Crippen molar-refractivity contribution in [3.05, 3.63) is 75.8 Å². The van der Waals surface area contributed by atoms with Crippen molar-refractivity contribution in [2.24, 2.45) is 0 Å². The van der Waals surface area contributed by atoms with E-state index in [0.29, 0.717) is 0 Å². The van der Waals surface area contributed by atoms with E-state index in [1.807, 2.05) is 0 Å². The maximum Gasteiger partial charge on any atom is 0.198 e. The van der Waals surface area contributed by atoms with E-state index in [1.54, 1.807) is 12.1 Å². The number of phenols is 3. The summed E-state index contributed by atoms with van der Waals surface area (Å²) in [7, 11) is 0. The van der Waals surface area contributed by atoms with Gasteiger partial charge in [-0.15, -0.1) is 0 Å². The van der Waals surface area contributed by atoms with Crippen LogP contribution in [0, 0.1) is 0 Å². The molecule has 27 heavy (non-hydrogen) atoms. The molecule has 6 nitrogen and oxygen atoms in total. The summed E-state index contributed by atoms with van der Waals surface area (Å²) >= 11 is 6.20. The first-order chi connectivity index (χ1) is 12.9. The van der Waals surface area contributed by atoms with Crippen molar-refractivity contribution in [3.63, 3.8) is 0 Å². The van der Waals surface area contributed by atoms with Crippen LogP contribution in [0.15, 0.2) is 48.5 Å². The van der Waals surface area contributed by atoms with E-state index in [9.17, 15) is 24.9 Å². The molecule has 3 N–H and O–H groups in total. The lowest BCUT2D eigenvalue weighted by atomic mass is 9.83. The highest BCUT2D eigenvalue weighted by Gasteiger charge is 2.35. The molecule has 0 radical (unpaired) electrons. The lowest BCUT2D eigenvalue weighted by Gasteiger charge is -2.20. The highest BCUT2D eigenvalue weighted by molar-refractivity contribution is 6.35. The Balaban J connectivity index is 1.85. The number of benzene rings is 3. The highest BCUT2D eigenvalue weighted by Crippen LogP contribution is 2.41. The van der Waals surface area contributed by atoms with Gasteiger partial charge in [0.1, 0.15) is 28.7 Å². The average Bonchev–Trinajstić information content (AvgIpc) is 2.63. The topological polar surface area (TPSA) is 104 Å². The van der Waals surface area contributed by atoms with E-state index in [2.05, 4.69) is 0 Å². The summed E-state index contributed by atoms with van der Waals surface area (Å²) in [6, 6.07) is 10.9. The Hall–Kier alpha value is -3.51. The molecule has 1 aliphatic carbocycles. The number of carbonyl (C=O) groups is 2. The van der Waals surface area contributed by atoms with Crippen molar-refractivity contribution in [1.29, 1.82) is 0 Å². The Morgan fingerprint density at radius 3 is 1.96 bits per heavy atom. The van der Waals surface area contributed by atoms with Gasteiger partial charge in [-0.3, -0.25) is 9.59 Å². The van der Waals surface area contributed by atoms with Gasteiger partial charge in [-0.05, 0) is 36.4 Å². The molecule has 134 valence electrons. The molecule has 0 unspecified atom stereocenters. The van der Waals surface area contributed by atoms with E-state index < -0.39 is 23.1 Å². The molecule has 0 saturated heterocycles. The molecule has 3 aromatic carbocycles. The summed E-state index contributed by atoms with van der Waals surface area (Å²) in [5.41, 5.74) is -0.530. The minimum absolute atomic E-state index is 0.00154. The van der Waals surface area contributed by atoms with Gasteiger partial charge < -0.3 is 20.1 Å². The Morgan fingerprint density at radius 1 is 0.778 bits per heavy atom. The number of rotatable bonds is 2. The SMILES string of the molecule is O=C1c2cc(Cl)c(Oc3cccc(O)c3)cc2C(=O)c2c(O)ccc(O)c21. The molecule has 0 saturated carbocycles. The Morgan fingerprint density at radius 2 is 1.37 bits per heavy atom. The summed E-state index contributed by atoms with van der Waals surface area (Å²) in [5, 5.41) is 29.6. The maximum absolute atomic E-state index is 12.8. The van der Waals surface area contributed by atoms with E-state index in [-0.39, 0.29) is 44.5 Å². The molecule has 0 bridgehead atoms. The largest absolute Gasteiger partial charge is 0.508 e. The molecule has 0 spiro atoms. The van der Waals surface area contributed by atoms with Crippen molar-refractivity contribution in [1.82, 2.24) is 0 Å². The van der Waals surface area contributed by atoms with Gasteiger partial charge in [0.25, 0.3) is 0 Å². The van der Waals surface area contributed by atoms with Crippen LogP contribution in [0.5, 0.6) is 28.7 Å². The van der Waals surface area contributed by atoms with Gasteiger partial charge in [-0.25, -0.2) is 0 Å². The van der Waals surface area contributed by atoms with Crippen molar-refractivity contribution in [2.75, 3.05) is 0 Å². The van der Waals surface area contributed by atoms with Crippen molar-refractivity contribution in [3.8, 4) is 28.7 Å². The third kappa shape index (κ3) is 2.67. The van der Waals surface area contributed by atoms with Crippen LogP contribution in [0.25, 0.3) is 0 Å². The Labute approximate surface area is 157 Å². The number of hydrogen-bond donors (Lipinski definition) is 3. The highest BCUT2D eigenvalue weighted by atomic mass is 35.5. The zero-order valence-corrected chi connectivity index (χ0v) is 14.3. The molecule has 3 aromatic rings. The predicted octanol–water partition coefficient (Wildman–Crippen LogP) is 4.02. The summed E-state index contributed by atoms with van der Waals surface area (Å²) in [6.45, 7) is 0. The van der Waals surface area contributed by atoms with Crippen LogP contribution < -0.4 is 4.74 Å². The first-order valence-corrected chi connectivity index (χ1v) is 8.19. The average molecular weight is 383 g/mol. The first kappa shape index (κ1) is 16.9. The molecule has 0 aliphatic heterocycles. The smallest absolute Gasteiger partial charge is 0.198 e. The molecular weight excluding hydrogens is 372 g/mol. The van der Waals surface area contributed by atoms with Gasteiger partial charge in [0.2, 0.25) is 0 Å². The van der Waals surface area contributed by atoms with Gasteiger partial charge in [0.05, 0.1) is 16.1 Å². The van der Waals surface area contributed by atoms with Crippen LogP contribution in [-0.2, 0) is 0 Å². The van der Waals surface area contributed by atoms with Gasteiger partial charge in [-0.1, -0.05) is 17.7 Å². The Bertz CT molecular complexity index is 1140. The second kappa shape index (κ2) is 6.03. The monoisotopic (exact) mass is 382 g/mol. The Kier molecular flexibility index (Phi) is 3.78. The van der Waals surface area contributed by atoms with Gasteiger partial charge in [0, 0.05) is 17.2 Å². The normalized spacial score (nSPS) is 12.5. The minimum Gasteiger partial charge on any atom is -0.508 e. The molecule has 4 rings (SSSR count). The van der Waals surface area contributed by atoms with Crippen LogP contribution in [0.1, 0.15) is 31.8 Å². The van der Waals surface area contributed by atoms with Crippen LogP contribution >= 0.6 is 11.6 Å². The molecular formula is C20H11ClO6. The predicted molar refractivity (Wildman–Crippen MR) is 96.3 cm³/mol. The fourth-order valence-electron chi connectivity index (χ4n) is 2.99. The number of ether oxygens (including phenoxy) is 1. The van der Waals surface area contributed by atoms with E-state index in [4.69, 9.17) is 16.3 Å². The van der Waals surface area contributed by atoms with Crippen molar-refractivity contribution < 1.29 is 29.6 Å². The van der Waals surface area contributed by atoms with E-state index in [0.717, 1.165) is 12.1 Å². The standard InChI is InChI=1S/C20H11ClO6/c21-13-7-11-12(8-16(13)27-10-3-1-2-9(22)6-10)20(26)18-15(24)5-4-14(23)17(18)19(11)25/h1-8,22-24H. The van der Waals surface area contributed by atoms with Crippen molar-refractivity contribution >= 4 is 23.2 Å².